The average Bonchev–Trinajstić information content (AvgIpc) is 2.79. The summed E-state index contributed by atoms with van der Waals surface area (Å²) in [7, 11) is 0. The van der Waals surface area contributed by atoms with Gasteiger partial charge in [-0.2, -0.15) is 0 Å². The quantitative estimate of drug-likeness (QED) is 0.455. The van der Waals surface area contributed by atoms with Gasteiger partial charge in [-0.25, -0.2) is 8.78 Å². The van der Waals surface area contributed by atoms with Crippen LogP contribution in [0.5, 0.6) is 0 Å². The van der Waals surface area contributed by atoms with Gasteiger partial charge in [-0.05, 0) is 78.4 Å². The first-order valence-electron chi connectivity index (χ1n) is 11.4. The van der Waals surface area contributed by atoms with E-state index in [2.05, 4.69) is 46.7 Å². The topological polar surface area (TPSA) is 27.3 Å². The minimum atomic E-state index is -0.218. The number of rotatable bonds is 9. The van der Waals surface area contributed by atoms with Gasteiger partial charge in [0.05, 0.1) is 0 Å². The Morgan fingerprint density at radius 1 is 0.875 bits per heavy atom. The first-order chi connectivity index (χ1) is 15.6. The number of hydrogen-bond acceptors (Lipinski definition) is 3. The predicted octanol–water partition coefficient (Wildman–Crippen LogP) is 5.16. The van der Waals surface area contributed by atoms with Crippen molar-refractivity contribution in [2.75, 3.05) is 25.0 Å². The fourth-order valence-electron chi connectivity index (χ4n) is 4.43. The van der Waals surface area contributed by atoms with E-state index in [-0.39, 0.29) is 17.7 Å². The van der Waals surface area contributed by atoms with Crippen molar-refractivity contribution in [3.63, 3.8) is 0 Å². The molecule has 0 saturated carbocycles. The molecule has 0 saturated heterocycles. The van der Waals surface area contributed by atoms with E-state index in [9.17, 15) is 8.78 Å². The SMILES string of the molecule is CCNc1ccc(CNCCN2Cc3ccc(F)cc3CC2Cc2ccc(F)cc2)cc1. The summed E-state index contributed by atoms with van der Waals surface area (Å²) >= 11 is 0. The lowest BCUT2D eigenvalue weighted by Crippen LogP contribution is -2.44. The van der Waals surface area contributed by atoms with Crippen LogP contribution >= 0.6 is 0 Å². The van der Waals surface area contributed by atoms with Gasteiger partial charge < -0.3 is 10.6 Å². The summed E-state index contributed by atoms with van der Waals surface area (Å²) in [6, 6.07) is 20.6. The molecule has 1 atom stereocenters. The molecule has 1 aliphatic rings. The third-order valence-corrected chi connectivity index (χ3v) is 6.14. The summed E-state index contributed by atoms with van der Waals surface area (Å²) in [5, 5.41) is 6.87. The molecule has 5 heteroatoms. The largest absolute Gasteiger partial charge is 0.385 e. The Labute approximate surface area is 189 Å². The van der Waals surface area contributed by atoms with Gasteiger partial charge in [-0.15, -0.1) is 0 Å². The molecule has 1 heterocycles. The van der Waals surface area contributed by atoms with E-state index in [1.54, 1.807) is 12.1 Å². The second-order valence-corrected chi connectivity index (χ2v) is 8.48. The first kappa shape index (κ1) is 22.4. The second kappa shape index (κ2) is 10.7. The van der Waals surface area contributed by atoms with Crippen LogP contribution in [0.1, 0.15) is 29.2 Å². The molecule has 3 aromatic carbocycles. The molecular weight excluding hydrogens is 404 g/mol. The van der Waals surface area contributed by atoms with Crippen LogP contribution in [0.3, 0.4) is 0 Å². The lowest BCUT2D eigenvalue weighted by atomic mass is 9.90. The molecule has 1 unspecified atom stereocenters. The van der Waals surface area contributed by atoms with Crippen molar-refractivity contribution < 1.29 is 8.78 Å². The monoisotopic (exact) mass is 435 g/mol. The van der Waals surface area contributed by atoms with Crippen molar-refractivity contribution in [3.8, 4) is 0 Å². The maximum atomic E-state index is 13.8. The second-order valence-electron chi connectivity index (χ2n) is 8.48. The number of nitrogens with one attached hydrogen (secondary N) is 2. The fraction of sp³-hybridized carbons (Fsp3) is 0.333. The Morgan fingerprint density at radius 3 is 2.34 bits per heavy atom. The molecule has 0 spiro atoms. The molecule has 168 valence electrons. The molecular formula is C27H31F2N3. The van der Waals surface area contributed by atoms with E-state index < -0.39 is 0 Å². The van der Waals surface area contributed by atoms with Gasteiger partial charge in [0.15, 0.2) is 0 Å². The Morgan fingerprint density at radius 2 is 1.59 bits per heavy atom. The third kappa shape index (κ3) is 5.93. The smallest absolute Gasteiger partial charge is 0.123 e. The molecule has 0 bridgehead atoms. The van der Waals surface area contributed by atoms with Crippen LogP contribution in [0.4, 0.5) is 14.5 Å². The van der Waals surface area contributed by atoms with Crippen molar-refractivity contribution in [1.29, 1.82) is 0 Å². The molecule has 2 N–H and O–H groups in total. The van der Waals surface area contributed by atoms with E-state index in [0.717, 1.165) is 62.4 Å². The summed E-state index contributed by atoms with van der Waals surface area (Å²) in [6.07, 6.45) is 1.62. The lowest BCUT2D eigenvalue weighted by Gasteiger charge is -2.37. The van der Waals surface area contributed by atoms with Crippen molar-refractivity contribution in [1.82, 2.24) is 10.2 Å². The number of hydrogen-bond donors (Lipinski definition) is 2. The Balaban J connectivity index is 1.37. The Bertz CT molecular complexity index is 1000. The third-order valence-electron chi connectivity index (χ3n) is 6.14. The highest BCUT2D eigenvalue weighted by molar-refractivity contribution is 5.44. The molecule has 32 heavy (non-hydrogen) atoms. The summed E-state index contributed by atoms with van der Waals surface area (Å²) < 4.78 is 27.1. The standard InChI is InChI=1S/C27H31F2N3/c1-2-31-26-11-5-21(6-12-26)18-30-13-14-32-19-22-7-10-25(29)16-23(22)17-27(32)15-20-3-8-24(28)9-4-20/h3-12,16,27,30-31H,2,13-15,17-19H2,1H3. The molecule has 1 aliphatic heterocycles. The van der Waals surface area contributed by atoms with E-state index in [1.165, 1.54) is 23.3 Å². The minimum absolute atomic E-state index is 0.181. The maximum absolute atomic E-state index is 13.8. The van der Waals surface area contributed by atoms with Gasteiger partial charge in [0.2, 0.25) is 0 Å². The Hall–Kier alpha value is -2.76. The zero-order valence-electron chi connectivity index (χ0n) is 18.6. The number of fused-ring (bicyclic) bond motifs is 1. The molecule has 0 amide bonds. The average molecular weight is 436 g/mol. The van der Waals surface area contributed by atoms with Crippen LogP contribution in [0.2, 0.25) is 0 Å². The van der Waals surface area contributed by atoms with Crippen LogP contribution in [-0.4, -0.2) is 30.6 Å². The number of nitrogens with zero attached hydrogens (tertiary/aromatic N) is 1. The van der Waals surface area contributed by atoms with Crippen LogP contribution < -0.4 is 10.6 Å². The highest BCUT2D eigenvalue weighted by atomic mass is 19.1. The predicted molar refractivity (Wildman–Crippen MR) is 127 cm³/mol. The van der Waals surface area contributed by atoms with Crippen molar-refractivity contribution >= 4 is 5.69 Å². The zero-order chi connectivity index (χ0) is 22.3. The highest BCUT2D eigenvalue weighted by Gasteiger charge is 2.26. The molecule has 0 aromatic heterocycles. The minimum Gasteiger partial charge on any atom is -0.385 e. The normalized spacial score (nSPS) is 16.0. The van der Waals surface area contributed by atoms with Gasteiger partial charge in [-0.1, -0.05) is 30.3 Å². The number of benzene rings is 3. The zero-order valence-corrected chi connectivity index (χ0v) is 18.6. The van der Waals surface area contributed by atoms with Gasteiger partial charge in [-0.3, -0.25) is 4.90 Å². The maximum Gasteiger partial charge on any atom is 0.123 e. The number of anilines is 1. The van der Waals surface area contributed by atoms with Gasteiger partial charge >= 0.3 is 0 Å². The van der Waals surface area contributed by atoms with Gasteiger partial charge in [0, 0.05) is 44.5 Å². The van der Waals surface area contributed by atoms with Crippen molar-refractivity contribution in [2.45, 2.75) is 38.9 Å². The van der Waals surface area contributed by atoms with Crippen molar-refractivity contribution in [2.24, 2.45) is 0 Å². The summed E-state index contributed by atoms with van der Waals surface area (Å²) in [5.74, 6) is -0.399. The van der Waals surface area contributed by atoms with Crippen molar-refractivity contribution in [3.05, 3.63) is 101 Å². The van der Waals surface area contributed by atoms with Crippen LogP contribution in [0, 0.1) is 11.6 Å². The molecule has 0 fully saturated rings. The molecule has 4 rings (SSSR count). The number of halogens is 2. The lowest BCUT2D eigenvalue weighted by molar-refractivity contribution is 0.170. The molecule has 3 nitrogen and oxygen atoms in total. The highest BCUT2D eigenvalue weighted by Crippen LogP contribution is 2.26. The van der Waals surface area contributed by atoms with Crippen LogP contribution in [0.25, 0.3) is 0 Å². The molecule has 3 aromatic rings. The van der Waals surface area contributed by atoms with E-state index in [4.69, 9.17) is 0 Å². The van der Waals surface area contributed by atoms with Gasteiger partial charge in [0.25, 0.3) is 0 Å². The first-order valence-corrected chi connectivity index (χ1v) is 11.4. The summed E-state index contributed by atoms with van der Waals surface area (Å²) in [6.45, 7) is 6.41. The van der Waals surface area contributed by atoms with E-state index in [0.29, 0.717) is 0 Å². The summed E-state index contributed by atoms with van der Waals surface area (Å²) in [5.41, 5.74) is 5.79. The van der Waals surface area contributed by atoms with Crippen LogP contribution in [-0.2, 0) is 25.9 Å². The fourth-order valence-corrected chi connectivity index (χ4v) is 4.43. The molecule has 0 aliphatic carbocycles. The van der Waals surface area contributed by atoms with Crippen LogP contribution in [0.15, 0.2) is 66.7 Å². The van der Waals surface area contributed by atoms with E-state index in [1.807, 2.05) is 18.2 Å². The summed E-state index contributed by atoms with van der Waals surface area (Å²) in [4.78, 5) is 2.46. The van der Waals surface area contributed by atoms with Gasteiger partial charge in [0.1, 0.15) is 11.6 Å². The molecule has 0 radical (unpaired) electrons. The Kier molecular flexibility index (Phi) is 7.51. The van der Waals surface area contributed by atoms with E-state index >= 15 is 0 Å².